The second kappa shape index (κ2) is 7.06. The fraction of sp³-hybridized carbons (Fsp3) is 0.261. The first-order valence-corrected chi connectivity index (χ1v) is 9.25. The molecule has 2 atom stereocenters. The highest BCUT2D eigenvalue weighted by Gasteiger charge is 2.45. The van der Waals surface area contributed by atoms with Crippen molar-refractivity contribution in [3.05, 3.63) is 83.8 Å². The zero-order valence-electron chi connectivity index (χ0n) is 15.9. The largest absolute Gasteiger partial charge is 0.485 e. The summed E-state index contributed by atoms with van der Waals surface area (Å²) in [5.41, 5.74) is 1.49. The monoisotopic (exact) mass is 374 g/mol. The molecule has 5 heteroatoms. The van der Waals surface area contributed by atoms with E-state index in [1.54, 1.807) is 18.4 Å². The van der Waals surface area contributed by atoms with Crippen LogP contribution in [0.1, 0.15) is 36.8 Å². The summed E-state index contributed by atoms with van der Waals surface area (Å²) >= 11 is 0. The summed E-state index contributed by atoms with van der Waals surface area (Å²) < 4.78 is 11.7. The third-order valence-electron chi connectivity index (χ3n) is 5.17. The summed E-state index contributed by atoms with van der Waals surface area (Å²) in [7, 11) is 0. The Labute approximate surface area is 164 Å². The fourth-order valence-electron chi connectivity index (χ4n) is 3.71. The van der Waals surface area contributed by atoms with Crippen molar-refractivity contribution in [1.82, 2.24) is 0 Å². The number of furan rings is 1. The van der Waals surface area contributed by atoms with Crippen LogP contribution in [0, 0.1) is 11.3 Å². The normalized spacial score (nSPS) is 19.9. The van der Waals surface area contributed by atoms with E-state index < -0.39 is 17.7 Å². The maximum absolute atomic E-state index is 11.3. The first-order valence-electron chi connectivity index (χ1n) is 9.25. The molecule has 0 radical (unpaired) electrons. The molecule has 0 spiro atoms. The molecule has 1 N–H and O–H groups in total. The minimum Gasteiger partial charge on any atom is -0.485 e. The van der Waals surface area contributed by atoms with E-state index in [1.807, 2.05) is 62.4 Å². The molecule has 0 saturated carbocycles. The van der Waals surface area contributed by atoms with Gasteiger partial charge in [-0.05, 0) is 56.3 Å². The molecule has 1 aliphatic heterocycles. The molecular weight excluding hydrogens is 352 g/mol. The van der Waals surface area contributed by atoms with Gasteiger partial charge >= 0.3 is 0 Å². The molecule has 0 saturated heterocycles. The van der Waals surface area contributed by atoms with Crippen molar-refractivity contribution in [3.63, 3.8) is 0 Å². The van der Waals surface area contributed by atoms with Gasteiger partial charge in [0.1, 0.15) is 23.2 Å². The molecule has 4 rings (SSSR count). The molecule has 142 valence electrons. The molecule has 28 heavy (non-hydrogen) atoms. The first kappa shape index (κ1) is 18.1. The number of nitrogens with zero attached hydrogens (tertiary/aromatic N) is 2. The molecule has 1 aliphatic rings. The van der Waals surface area contributed by atoms with Crippen LogP contribution in [-0.4, -0.2) is 16.8 Å². The molecule has 0 unspecified atom stereocenters. The Bertz CT molecular complexity index is 990. The summed E-state index contributed by atoms with van der Waals surface area (Å²) in [6.45, 7) is 4.23. The lowest BCUT2D eigenvalue weighted by Crippen LogP contribution is -2.53. The SMILES string of the molecule is CC1(C)Oc2ccc(C#N)cc2[C@H](N(Cc2ccco2)c2ccccc2)[C@H]1O. The van der Waals surface area contributed by atoms with Crippen LogP contribution in [0.5, 0.6) is 5.75 Å². The Hall–Kier alpha value is -3.23. The van der Waals surface area contributed by atoms with E-state index in [0.29, 0.717) is 17.9 Å². The summed E-state index contributed by atoms with van der Waals surface area (Å²) in [6.07, 6.45) is 0.828. The number of anilines is 1. The summed E-state index contributed by atoms with van der Waals surface area (Å²) in [5, 5.41) is 20.7. The number of hydrogen-bond acceptors (Lipinski definition) is 5. The van der Waals surface area contributed by atoms with E-state index in [0.717, 1.165) is 17.0 Å². The van der Waals surface area contributed by atoms with Crippen molar-refractivity contribution in [2.45, 2.75) is 38.1 Å². The van der Waals surface area contributed by atoms with Crippen LogP contribution in [0.25, 0.3) is 0 Å². The molecule has 2 aromatic carbocycles. The minimum absolute atomic E-state index is 0.403. The van der Waals surface area contributed by atoms with Crippen molar-refractivity contribution in [2.24, 2.45) is 0 Å². The number of rotatable bonds is 4. The zero-order chi connectivity index (χ0) is 19.7. The highest BCUT2D eigenvalue weighted by atomic mass is 16.5. The van der Waals surface area contributed by atoms with Gasteiger partial charge in [0, 0.05) is 11.3 Å². The molecule has 1 aromatic heterocycles. The number of fused-ring (bicyclic) bond motifs is 1. The molecule has 3 aromatic rings. The van der Waals surface area contributed by atoms with Crippen molar-refractivity contribution in [2.75, 3.05) is 4.90 Å². The molecule has 0 bridgehead atoms. The van der Waals surface area contributed by atoms with Crippen LogP contribution >= 0.6 is 0 Å². The quantitative estimate of drug-likeness (QED) is 0.731. The number of hydrogen-bond donors (Lipinski definition) is 1. The Morgan fingerprint density at radius 2 is 1.89 bits per heavy atom. The summed E-state index contributed by atoms with van der Waals surface area (Å²) in [6, 6.07) is 20.8. The predicted octanol–water partition coefficient (Wildman–Crippen LogP) is 4.43. The highest BCUT2D eigenvalue weighted by Crippen LogP contribution is 2.45. The Balaban J connectivity index is 1.87. The van der Waals surface area contributed by atoms with Crippen LogP contribution in [0.3, 0.4) is 0 Å². The van der Waals surface area contributed by atoms with Crippen LogP contribution in [0.2, 0.25) is 0 Å². The third kappa shape index (κ3) is 3.23. The fourth-order valence-corrected chi connectivity index (χ4v) is 3.71. The molecule has 5 nitrogen and oxygen atoms in total. The zero-order valence-corrected chi connectivity index (χ0v) is 15.9. The van der Waals surface area contributed by atoms with Crippen LogP contribution in [0.4, 0.5) is 5.69 Å². The van der Waals surface area contributed by atoms with E-state index in [1.165, 1.54) is 0 Å². The Morgan fingerprint density at radius 1 is 1.11 bits per heavy atom. The Kier molecular flexibility index (Phi) is 4.58. The molecule has 0 amide bonds. The lowest BCUT2D eigenvalue weighted by Gasteiger charge is -2.47. The lowest BCUT2D eigenvalue weighted by molar-refractivity contribution is -0.0591. The smallest absolute Gasteiger partial charge is 0.132 e. The van der Waals surface area contributed by atoms with Crippen LogP contribution < -0.4 is 9.64 Å². The molecule has 2 heterocycles. The van der Waals surface area contributed by atoms with Gasteiger partial charge in [-0.25, -0.2) is 0 Å². The van der Waals surface area contributed by atoms with Gasteiger partial charge in [-0.2, -0.15) is 5.26 Å². The van der Waals surface area contributed by atoms with Gasteiger partial charge in [-0.3, -0.25) is 0 Å². The van der Waals surface area contributed by atoms with Gasteiger partial charge in [-0.15, -0.1) is 0 Å². The van der Waals surface area contributed by atoms with Gasteiger partial charge in [0.2, 0.25) is 0 Å². The van der Waals surface area contributed by atoms with Crippen molar-refractivity contribution < 1.29 is 14.3 Å². The van der Waals surface area contributed by atoms with E-state index in [9.17, 15) is 10.4 Å². The van der Waals surface area contributed by atoms with Gasteiger partial charge in [-0.1, -0.05) is 18.2 Å². The minimum atomic E-state index is -0.816. The lowest BCUT2D eigenvalue weighted by atomic mass is 9.84. The predicted molar refractivity (Wildman–Crippen MR) is 106 cm³/mol. The highest BCUT2D eigenvalue weighted by molar-refractivity contribution is 5.54. The first-order chi connectivity index (χ1) is 13.5. The van der Waals surface area contributed by atoms with Crippen LogP contribution in [-0.2, 0) is 6.54 Å². The second-order valence-electron chi connectivity index (χ2n) is 7.50. The number of nitriles is 1. The van der Waals surface area contributed by atoms with Crippen molar-refractivity contribution in [1.29, 1.82) is 5.26 Å². The average Bonchev–Trinajstić information content (AvgIpc) is 3.21. The molecule has 0 fully saturated rings. The van der Waals surface area contributed by atoms with E-state index in [4.69, 9.17) is 9.15 Å². The molecular formula is C23H22N2O3. The van der Waals surface area contributed by atoms with Crippen molar-refractivity contribution >= 4 is 5.69 Å². The maximum Gasteiger partial charge on any atom is 0.132 e. The standard InChI is InChI=1S/C23H22N2O3/c1-23(2)22(26)21(19-13-16(14-24)10-11-20(19)28-23)25(15-18-9-6-12-27-18)17-7-4-3-5-8-17/h3-13,21-22,26H,15H2,1-2H3/t21-,22+/m0/s1. The number of para-hydroxylation sites is 1. The maximum atomic E-state index is 11.3. The molecule has 0 aliphatic carbocycles. The average molecular weight is 374 g/mol. The number of aliphatic hydroxyl groups excluding tert-OH is 1. The third-order valence-corrected chi connectivity index (χ3v) is 5.17. The topological polar surface area (TPSA) is 69.6 Å². The van der Waals surface area contributed by atoms with Crippen LogP contribution in [0.15, 0.2) is 71.3 Å². The number of aliphatic hydroxyl groups is 1. The summed E-state index contributed by atoms with van der Waals surface area (Å²) in [4.78, 5) is 2.10. The van der Waals surface area contributed by atoms with E-state index in [2.05, 4.69) is 11.0 Å². The number of ether oxygens (including phenoxy) is 1. The van der Waals surface area contributed by atoms with Gasteiger partial charge < -0.3 is 19.2 Å². The van der Waals surface area contributed by atoms with Gasteiger partial charge in [0.25, 0.3) is 0 Å². The van der Waals surface area contributed by atoms with Crippen molar-refractivity contribution in [3.8, 4) is 11.8 Å². The van der Waals surface area contributed by atoms with Gasteiger partial charge in [0.15, 0.2) is 0 Å². The summed E-state index contributed by atoms with van der Waals surface area (Å²) in [5.74, 6) is 1.47. The Morgan fingerprint density at radius 3 is 2.57 bits per heavy atom. The number of benzene rings is 2. The second-order valence-corrected chi connectivity index (χ2v) is 7.50. The van der Waals surface area contributed by atoms with E-state index in [-0.39, 0.29) is 0 Å². The van der Waals surface area contributed by atoms with E-state index >= 15 is 0 Å². The van der Waals surface area contributed by atoms with Gasteiger partial charge in [0.05, 0.1) is 30.5 Å².